The van der Waals surface area contributed by atoms with Gasteiger partial charge in [-0.15, -0.1) is 0 Å². The Labute approximate surface area is 119 Å². The van der Waals surface area contributed by atoms with Crippen LogP contribution in [0.4, 0.5) is 11.4 Å². The van der Waals surface area contributed by atoms with Crippen LogP contribution in [0, 0.1) is 6.92 Å². The number of nitrogens with two attached hydrogens (primary N) is 1. The number of para-hydroxylation sites is 1. The molecule has 1 saturated heterocycles. The largest absolute Gasteiger partial charge is 0.397 e. The third kappa shape index (κ3) is 2.58. The zero-order valence-corrected chi connectivity index (χ0v) is 11.8. The van der Waals surface area contributed by atoms with Gasteiger partial charge in [0.25, 0.3) is 0 Å². The monoisotopic (exact) mass is 275 g/mol. The standard InChI is InChI=1S/C15H21N3O2/c1-10-3-2-4-12(16)14(10)18-7-8-20-9-13(18)15(19)17-11-5-6-11/h2-4,11,13H,5-9,16H2,1H3,(H,17,19). The molecule has 1 aromatic carbocycles. The van der Waals surface area contributed by atoms with Crippen LogP contribution < -0.4 is 16.0 Å². The molecule has 0 aromatic heterocycles. The van der Waals surface area contributed by atoms with Crippen LogP contribution in [-0.2, 0) is 9.53 Å². The lowest BCUT2D eigenvalue weighted by atomic mass is 10.1. The molecule has 1 aliphatic carbocycles. The summed E-state index contributed by atoms with van der Waals surface area (Å²) in [6.45, 7) is 3.77. The Morgan fingerprint density at radius 2 is 2.25 bits per heavy atom. The Morgan fingerprint density at radius 3 is 2.95 bits per heavy atom. The molecule has 3 N–H and O–H groups in total. The lowest BCUT2D eigenvalue weighted by Gasteiger charge is -2.37. The average Bonchev–Trinajstić information content (AvgIpc) is 3.23. The van der Waals surface area contributed by atoms with Gasteiger partial charge in [0.2, 0.25) is 5.91 Å². The van der Waals surface area contributed by atoms with Gasteiger partial charge >= 0.3 is 0 Å². The highest BCUT2D eigenvalue weighted by Crippen LogP contribution is 2.30. The van der Waals surface area contributed by atoms with Crippen LogP contribution in [0.15, 0.2) is 18.2 Å². The smallest absolute Gasteiger partial charge is 0.245 e. The van der Waals surface area contributed by atoms with Gasteiger partial charge < -0.3 is 20.7 Å². The quantitative estimate of drug-likeness (QED) is 0.810. The number of nitrogens with one attached hydrogen (secondary N) is 1. The van der Waals surface area contributed by atoms with Crippen molar-refractivity contribution in [2.24, 2.45) is 0 Å². The maximum atomic E-state index is 12.4. The van der Waals surface area contributed by atoms with Crippen molar-refractivity contribution in [2.45, 2.75) is 31.8 Å². The third-order valence-corrected chi connectivity index (χ3v) is 3.91. The second-order valence-electron chi connectivity index (χ2n) is 5.58. The maximum Gasteiger partial charge on any atom is 0.245 e. The molecule has 1 heterocycles. The van der Waals surface area contributed by atoms with E-state index < -0.39 is 0 Å². The minimum absolute atomic E-state index is 0.0508. The number of nitrogens with zero attached hydrogens (tertiary/aromatic N) is 1. The molecule has 1 amide bonds. The van der Waals surface area contributed by atoms with Gasteiger partial charge in [-0.3, -0.25) is 4.79 Å². The average molecular weight is 275 g/mol. The molecular weight excluding hydrogens is 254 g/mol. The van der Waals surface area contributed by atoms with Gasteiger partial charge in [-0.2, -0.15) is 0 Å². The number of nitrogen functional groups attached to an aromatic ring is 1. The molecule has 1 atom stereocenters. The van der Waals surface area contributed by atoms with E-state index >= 15 is 0 Å². The number of benzene rings is 1. The van der Waals surface area contributed by atoms with Crippen molar-refractivity contribution in [3.8, 4) is 0 Å². The summed E-state index contributed by atoms with van der Waals surface area (Å²) in [5.41, 5.74) is 8.89. The van der Waals surface area contributed by atoms with E-state index in [9.17, 15) is 4.79 Å². The molecule has 1 aliphatic heterocycles. The van der Waals surface area contributed by atoms with E-state index in [0.29, 0.717) is 25.8 Å². The SMILES string of the molecule is Cc1cccc(N)c1N1CCOCC1C(=O)NC1CC1. The fourth-order valence-electron chi connectivity index (χ4n) is 2.69. The van der Waals surface area contributed by atoms with Crippen LogP contribution in [0.5, 0.6) is 0 Å². The molecule has 5 nitrogen and oxygen atoms in total. The first-order valence-corrected chi connectivity index (χ1v) is 7.16. The van der Waals surface area contributed by atoms with Gasteiger partial charge in [-0.25, -0.2) is 0 Å². The Balaban J connectivity index is 1.86. The fourth-order valence-corrected chi connectivity index (χ4v) is 2.69. The molecule has 1 saturated carbocycles. The van der Waals surface area contributed by atoms with Crippen LogP contribution >= 0.6 is 0 Å². The van der Waals surface area contributed by atoms with Crippen LogP contribution in [0.1, 0.15) is 18.4 Å². The predicted molar refractivity (Wildman–Crippen MR) is 78.7 cm³/mol. The van der Waals surface area contributed by atoms with E-state index in [-0.39, 0.29) is 11.9 Å². The van der Waals surface area contributed by atoms with E-state index in [2.05, 4.69) is 10.2 Å². The first-order chi connectivity index (χ1) is 9.66. The van der Waals surface area contributed by atoms with Crippen LogP contribution in [-0.4, -0.2) is 37.7 Å². The number of hydrogen-bond acceptors (Lipinski definition) is 4. The second kappa shape index (κ2) is 5.32. The molecular formula is C15H21N3O2. The number of hydrogen-bond donors (Lipinski definition) is 2. The van der Waals surface area contributed by atoms with Gasteiger partial charge in [0, 0.05) is 12.6 Å². The van der Waals surface area contributed by atoms with E-state index in [1.165, 1.54) is 0 Å². The van der Waals surface area contributed by atoms with Crippen LogP contribution in [0.3, 0.4) is 0 Å². The summed E-state index contributed by atoms with van der Waals surface area (Å²) in [5, 5.41) is 3.06. The Bertz CT molecular complexity index is 494. The Kier molecular flexibility index (Phi) is 3.53. The molecule has 108 valence electrons. The molecule has 0 bridgehead atoms. The van der Waals surface area contributed by atoms with Crippen molar-refractivity contribution in [2.75, 3.05) is 30.4 Å². The van der Waals surface area contributed by atoms with Crippen molar-refractivity contribution >= 4 is 17.3 Å². The van der Waals surface area contributed by atoms with Crippen LogP contribution in [0.25, 0.3) is 0 Å². The maximum absolute atomic E-state index is 12.4. The van der Waals surface area contributed by atoms with Gasteiger partial charge in [0.05, 0.1) is 24.6 Å². The summed E-state index contributed by atoms with van der Waals surface area (Å²) >= 11 is 0. The van der Waals surface area contributed by atoms with Crippen molar-refractivity contribution in [1.29, 1.82) is 0 Å². The fraction of sp³-hybridized carbons (Fsp3) is 0.533. The molecule has 1 unspecified atom stereocenters. The molecule has 5 heteroatoms. The summed E-state index contributed by atoms with van der Waals surface area (Å²) in [6, 6.07) is 5.92. The van der Waals surface area contributed by atoms with E-state index in [4.69, 9.17) is 10.5 Å². The highest BCUT2D eigenvalue weighted by atomic mass is 16.5. The highest BCUT2D eigenvalue weighted by Gasteiger charge is 2.34. The van der Waals surface area contributed by atoms with E-state index in [1.807, 2.05) is 25.1 Å². The third-order valence-electron chi connectivity index (χ3n) is 3.91. The Morgan fingerprint density at radius 1 is 1.45 bits per heavy atom. The van der Waals surface area contributed by atoms with E-state index in [0.717, 1.165) is 29.8 Å². The topological polar surface area (TPSA) is 67.6 Å². The van der Waals surface area contributed by atoms with Gasteiger partial charge in [0.15, 0.2) is 0 Å². The van der Waals surface area contributed by atoms with Crippen molar-refractivity contribution < 1.29 is 9.53 Å². The predicted octanol–water partition coefficient (Wildman–Crippen LogP) is 1.06. The molecule has 1 aromatic rings. The summed E-state index contributed by atoms with van der Waals surface area (Å²) in [5.74, 6) is 0.0508. The van der Waals surface area contributed by atoms with Gasteiger partial charge in [0.1, 0.15) is 6.04 Å². The summed E-state index contributed by atoms with van der Waals surface area (Å²) in [7, 11) is 0. The number of aryl methyl sites for hydroxylation is 1. The Hall–Kier alpha value is -1.75. The summed E-state index contributed by atoms with van der Waals surface area (Å²) < 4.78 is 5.49. The molecule has 20 heavy (non-hydrogen) atoms. The normalized spacial score (nSPS) is 22.6. The summed E-state index contributed by atoms with van der Waals surface area (Å²) in [4.78, 5) is 14.5. The lowest BCUT2D eigenvalue weighted by molar-refractivity contribution is -0.124. The number of anilines is 2. The van der Waals surface area contributed by atoms with Crippen molar-refractivity contribution in [1.82, 2.24) is 5.32 Å². The highest BCUT2D eigenvalue weighted by molar-refractivity contribution is 5.88. The number of carbonyl (C=O) groups excluding carboxylic acids is 1. The first kappa shape index (κ1) is 13.2. The minimum Gasteiger partial charge on any atom is -0.397 e. The molecule has 0 spiro atoms. The number of amides is 1. The molecule has 0 radical (unpaired) electrons. The minimum atomic E-state index is -0.284. The lowest BCUT2D eigenvalue weighted by Crippen LogP contribution is -2.54. The first-order valence-electron chi connectivity index (χ1n) is 7.16. The number of carbonyl (C=O) groups is 1. The van der Waals surface area contributed by atoms with Gasteiger partial charge in [-0.1, -0.05) is 12.1 Å². The number of ether oxygens (including phenoxy) is 1. The van der Waals surface area contributed by atoms with Crippen molar-refractivity contribution in [3.05, 3.63) is 23.8 Å². The zero-order chi connectivity index (χ0) is 14.1. The molecule has 2 aliphatic rings. The molecule has 3 rings (SSSR count). The van der Waals surface area contributed by atoms with Crippen LogP contribution in [0.2, 0.25) is 0 Å². The zero-order valence-electron chi connectivity index (χ0n) is 11.8. The van der Waals surface area contributed by atoms with Crippen molar-refractivity contribution in [3.63, 3.8) is 0 Å². The number of morpholine rings is 1. The van der Waals surface area contributed by atoms with E-state index in [1.54, 1.807) is 0 Å². The second-order valence-corrected chi connectivity index (χ2v) is 5.58. The number of rotatable bonds is 3. The molecule has 2 fully saturated rings. The summed E-state index contributed by atoms with van der Waals surface area (Å²) in [6.07, 6.45) is 2.18. The van der Waals surface area contributed by atoms with Gasteiger partial charge in [-0.05, 0) is 31.4 Å².